The Kier molecular flexibility index (Phi) is 8.69. The van der Waals surface area contributed by atoms with Crippen LogP contribution in [0, 0.1) is 12.1 Å². The number of aromatic nitrogens is 4. The molecule has 1 aliphatic rings. The molecule has 278 valence electrons. The maximum Gasteiger partial charge on any atom is 2.00 e. The predicted molar refractivity (Wildman–Crippen MR) is 232 cm³/mol. The van der Waals surface area contributed by atoms with Crippen LogP contribution in [-0.2, 0) is 40.6 Å². The monoisotopic (exact) mass is 923 g/mol. The summed E-state index contributed by atoms with van der Waals surface area (Å²) in [6.07, 6.45) is 0. The molecule has 0 aliphatic heterocycles. The number of imidazole rings is 2. The van der Waals surface area contributed by atoms with Crippen LogP contribution in [0.25, 0.3) is 78.2 Å². The van der Waals surface area contributed by atoms with E-state index in [0.29, 0.717) is 0 Å². The first-order valence-corrected chi connectivity index (χ1v) is 19.4. The van der Waals surface area contributed by atoms with Crippen LogP contribution in [0.2, 0.25) is 0 Å². The third kappa shape index (κ3) is 5.47. The van der Waals surface area contributed by atoms with Crippen LogP contribution in [0.5, 0.6) is 0 Å². The second kappa shape index (κ2) is 14.1. The summed E-state index contributed by atoms with van der Waals surface area (Å²) in [5, 5.41) is 0. The number of benzene rings is 8. The Morgan fingerprint density at radius 1 is 0.414 bits per heavy atom. The summed E-state index contributed by atoms with van der Waals surface area (Å²) in [5.41, 5.74) is 16.9. The number of nitrogens with zero attached hydrogens (tertiary/aromatic N) is 4. The van der Waals surface area contributed by atoms with E-state index >= 15 is 0 Å². The minimum atomic E-state index is -0.699. The summed E-state index contributed by atoms with van der Waals surface area (Å²) in [4.78, 5) is 10.4. The molecule has 5 heteroatoms. The molecule has 2 aromatic heterocycles. The van der Waals surface area contributed by atoms with E-state index < -0.39 is 5.41 Å². The van der Waals surface area contributed by atoms with Gasteiger partial charge in [0.15, 0.2) is 0 Å². The van der Waals surface area contributed by atoms with Gasteiger partial charge < -0.3 is 9.13 Å². The van der Waals surface area contributed by atoms with Crippen molar-refractivity contribution >= 4 is 22.1 Å². The predicted octanol–water partition coefficient (Wildman–Crippen LogP) is 12.1. The van der Waals surface area contributed by atoms with Crippen LogP contribution >= 0.6 is 0 Å². The number of hydrogen-bond acceptors (Lipinski definition) is 2. The van der Waals surface area contributed by atoms with Gasteiger partial charge in [-0.25, -0.2) is 0 Å². The van der Waals surface area contributed by atoms with E-state index in [1.165, 1.54) is 44.5 Å². The molecule has 0 saturated carbocycles. The van der Waals surface area contributed by atoms with Gasteiger partial charge in [0.1, 0.15) is 0 Å². The van der Waals surface area contributed by atoms with E-state index in [1.54, 1.807) is 0 Å². The molecule has 1 aliphatic carbocycles. The standard InChI is InChI=1S/C53H36N4.Pt/c1-56-49-33-37(35-15-5-3-6-16-35)27-29-47(49)54-51(56)39-19-13-21-41(31-39)53(45-25-11-9-23-43(45)44-24-10-12-26-46(44)53)42-22-14-20-40(32-42)52-55-48-30-28-38(34-50(48)57(52)2)36-17-7-4-8-18-36;/h3-30,33-34H,1-2H3;/q-2;+2. The van der Waals surface area contributed by atoms with Gasteiger partial charge >= 0.3 is 21.1 Å². The van der Waals surface area contributed by atoms with Gasteiger partial charge in [0.25, 0.3) is 0 Å². The molecule has 0 bridgehead atoms. The molecule has 4 nitrogen and oxygen atoms in total. The molecule has 2 heterocycles. The van der Waals surface area contributed by atoms with E-state index in [4.69, 9.17) is 9.97 Å². The third-order valence-corrected chi connectivity index (χ3v) is 11.8. The van der Waals surface area contributed by atoms with Crippen molar-refractivity contribution in [3.8, 4) is 56.2 Å². The maximum absolute atomic E-state index is 5.19. The topological polar surface area (TPSA) is 35.6 Å². The van der Waals surface area contributed by atoms with Crippen LogP contribution in [0.3, 0.4) is 0 Å². The number of aryl methyl sites for hydroxylation is 2. The maximum atomic E-state index is 5.19. The van der Waals surface area contributed by atoms with E-state index in [9.17, 15) is 0 Å². The summed E-state index contributed by atoms with van der Waals surface area (Å²) in [6.45, 7) is 0. The van der Waals surface area contributed by atoms with Crippen molar-refractivity contribution in [2.45, 2.75) is 5.41 Å². The van der Waals surface area contributed by atoms with E-state index in [-0.39, 0.29) is 21.1 Å². The minimum absolute atomic E-state index is 0. The molecule has 0 N–H and O–H groups in total. The Morgan fingerprint density at radius 3 is 1.28 bits per heavy atom. The normalized spacial score (nSPS) is 12.7. The molecule has 10 aromatic rings. The second-order valence-corrected chi connectivity index (χ2v) is 14.9. The second-order valence-electron chi connectivity index (χ2n) is 14.9. The molecule has 0 spiro atoms. The first-order chi connectivity index (χ1) is 28.1. The molecule has 0 radical (unpaired) electrons. The Morgan fingerprint density at radius 2 is 0.828 bits per heavy atom. The van der Waals surface area contributed by atoms with Crippen LogP contribution < -0.4 is 0 Å². The molecular weight excluding hydrogens is 888 g/mol. The van der Waals surface area contributed by atoms with Crippen LogP contribution in [0.4, 0.5) is 0 Å². The van der Waals surface area contributed by atoms with Crippen molar-refractivity contribution in [3.63, 3.8) is 0 Å². The van der Waals surface area contributed by atoms with Crippen molar-refractivity contribution < 1.29 is 21.1 Å². The molecule has 8 aromatic carbocycles. The Bertz CT molecular complexity index is 2940. The first-order valence-electron chi connectivity index (χ1n) is 19.4. The van der Waals surface area contributed by atoms with Crippen LogP contribution in [0.15, 0.2) is 182 Å². The van der Waals surface area contributed by atoms with E-state index in [2.05, 4.69) is 217 Å². The van der Waals surface area contributed by atoms with Crippen molar-refractivity contribution in [1.29, 1.82) is 0 Å². The smallest absolute Gasteiger partial charge is 0.367 e. The van der Waals surface area contributed by atoms with Crippen LogP contribution in [0.1, 0.15) is 22.3 Å². The zero-order valence-corrected chi connectivity index (χ0v) is 34.2. The van der Waals surface area contributed by atoms with Gasteiger partial charge in [-0.2, -0.15) is 0 Å². The summed E-state index contributed by atoms with van der Waals surface area (Å²) < 4.78 is 4.39. The van der Waals surface area contributed by atoms with Crippen LogP contribution in [-0.4, -0.2) is 19.1 Å². The Balaban J connectivity index is 0.00000408. The molecule has 0 amide bonds. The molecule has 0 fully saturated rings. The largest absolute Gasteiger partial charge is 2.00 e. The van der Waals surface area contributed by atoms with Crippen molar-refractivity contribution in [2.75, 3.05) is 0 Å². The summed E-state index contributed by atoms with van der Waals surface area (Å²) >= 11 is 0. The number of fused-ring (bicyclic) bond motifs is 5. The molecule has 58 heavy (non-hydrogen) atoms. The molecule has 11 rings (SSSR count). The van der Waals surface area contributed by atoms with Gasteiger partial charge in [0, 0.05) is 19.5 Å². The fraction of sp³-hybridized carbons (Fsp3) is 0.0566. The molecular formula is C53H36N4Pt. The molecule has 0 saturated heterocycles. The van der Waals surface area contributed by atoms with E-state index in [1.807, 2.05) is 0 Å². The molecule has 0 unspecified atom stereocenters. The zero-order valence-electron chi connectivity index (χ0n) is 31.9. The quantitative estimate of drug-likeness (QED) is 0.156. The number of hydrogen-bond donors (Lipinski definition) is 0. The van der Waals surface area contributed by atoms with Gasteiger partial charge in [0.2, 0.25) is 0 Å². The Labute approximate surface area is 352 Å². The summed E-state index contributed by atoms with van der Waals surface area (Å²) in [7, 11) is 4.21. The zero-order chi connectivity index (χ0) is 38.1. The van der Waals surface area contributed by atoms with E-state index in [0.717, 1.165) is 56.0 Å². The van der Waals surface area contributed by atoms with Crippen molar-refractivity contribution in [3.05, 3.63) is 216 Å². The fourth-order valence-electron chi connectivity index (χ4n) is 9.08. The summed E-state index contributed by atoms with van der Waals surface area (Å²) in [6, 6.07) is 72.6. The average molecular weight is 924 g/mol. The minimum Gasteiger partial charge on any atom is -0.367 e. The van der Waals surface area contributed by atoms with Gasteiger partial charge in [-0.05, 0) is 68.8 Å². The SMILES string of the molecule is Cn1c(-c2[c-]c(C3(c4[c-]c(-c5nc6ccc(-c7ccccc7)cc6n5C)ccc4)c4ccccc4-c4ccccc43)ccc2)nc2ccc(-c3ccccc3)cc21.[Pt+2]. The molecule has 0 atom stereocenters. The average Bonchev–Trinajstić information content (AvgIpc) is 3.91. The Hall–Kier alpha value is -6.61. The van der Waals surface area contributed by atoms with Gasteiger partial charge in [0.05, 0.1) is 33.7 Å². The van der Waals surface area contributed by atoms with Gasteiger partial charge in [-0.1, -0.05) is 121 Å². The van der Waals surface area contributed by atoms with Crippen molar-refractivity contribution in [2.24, 2.45) is 14.1 Å². The van der Waals surface area contributed by atoms with Gasteiger partial charge in [-0.15, -0.1) is 70.8 Å². The fourth-order valence-corrected chi connectivity index (χ4v) is 9.08. The summed E-state index contributed by atoms with van der Waals surface area (Å²) in [5.74, 6) is 1.75. The van der Waals surface area contributed by atoms with Gasteiger partial charge in [-0.3, -0.25) is 9.97 Å². The first kappa shape index (κ1) is 35.8. The van der Waals surface area contributed by atoms with Crippen molar-refractivity contribution in [1.82, 2.24) is 19.1 Å². The third-order valence-electron chi connectivity index (χ3n) is 11.8. The number of rotatable bonds is 6.